The molecule has 2 rings (SSSR count). The van der Waals surface area contributed by atoms with Gasteiger partial charge in [0.2, 0.25) is 0 Å². The Morgan fingerprint density at radius 1 is 1.27 bits per heavy atom. The number of carboxylic acids is 1. The van der Waals surface area contributed by atoms with Gasteiger partial charge in [0.15, 0.2) is 5.43 Å². The van der Waals surface area contributed by atoms with Crippen molar-refractivity contribution >= 4 is 16.9 Å². The maximum Gasteiger partial charge on any atom is 1.00 e. The second-order valence-corrected chi connectivity index (χ2v) is 2.86. The molecule has 0 unspecified atom stereocenters. The maximum absolute atomic E-state index is 11.5. The zero-order valence-electron chi connectivity index (χ0n) is 8.11. The molecule has 1 aromatic carbocycles. The van der Waals surface area contributed by atoms with E-state index in [1.807, 2.05) is 0 Å². The van der Waals surface area contributed by atoms with Crippen molar-refractivity contribution in [2.45, 2.75) is 0 Å². The van der Waals surface area contributed by atoms with Crippen molar-refractivity contribution in [2.24, 2.45) is 0 Å². The number of fused-ring (bicyclic) bond motifs is 1. The molecular weight excluding hydrogens is 221 g/mol. The first-order valence-corrected chi connectivity index (χ1v) is 4.02. The summed E-state index contributed by atoms with van der Waals surface area (Å²) in [5.74, 6) is -1.46. The maximum atomic E-state index is 11.5. The second kappa shape index (κ2) is 5.04. The van der Waals surface area contributed by atoms with Gasteiger partial charge in [0.25, 0.3) is 0 Å². The summed E-state index contributed by atoms with van der Waals surface area (Å²) in [6.45, 7) is 0. The van der Waals surface area contributed by atoms with Crippen molar-refractivity contribution in [2.75, 3.05) is 0 Å². The Labute approximate surface area is 128 Å². The van der Waals surface area contributed by atoms with Gasteiger partial charge in [0.1, 0.15) is 0 Å². The third-order valence-corrected chi connectivity index (χ3v) is 2.01. The quantitative estimate of drug-likeness (QED) is 0.524. The zero-order chi connectivity index (χ0) is 10.1. The van der Waals surface area contributed by atoms with E-state index in [1.54, 1.807) is 24.3 Å². The van der Waals surface area contributed by atoms with Crippen molar-refractivity contribution in [1.29, 1.82) is 0 Å². The van der Waals surface area contributed by atoms with Crippen LogP contribution in [0.2, 0.25) is 0 Å². The van der Waals surface area contributed by atoms with E-state index in [9.17, 15) is 14.7 Å². The van der Waals surface area contributed by atoms with Crippen molar-refractivity contribution in [3.8, 4) is 0 Å². The summed E-state index contributed by atoms with van der Waals surface area (Å²) in [6.07, 6.45) is 1.15. The summed E-state index contributed by atoms with van der Waals surface area (Å²) in [6, 6.07) is 6.71. The van der Waals surface area contributed by atoms with Gasteiger partial charge in [-0.2, -0.15) is 0 Å². The van der Waals surface area contributed by atoms with Gasteiger partial charge in [-0.05, 0) is 12.1 Å². The van der Waals surface area contributed by atoms with Gasteiger partial charge in [-0.25, -0.2) is 0 Å². The molecule has 5 heteroatoms. The average Bonchev–Trinajstić information content (AvgIpc) is 2.18. The molecule has 0 saturated heterocycles. The van der Waals surface area contributed by atoms with Crippen molar-refractivity contribution in [3.05, 3.63) is 46.2 Å². The van der Waals surface area contributed by atoms with Crippen molar-refractivity contribution < 1.29 is 61.3 Å². The molecule has 4 nitrogen and oxygen atoms in total. The van der Waals surface area contributed by atoms with Crippen LogP contribution in [0.4, 0.5) is 0 Å². The van der Waals surface area contributed by atoms with E-state index in [2.05, 4.69) is 4.98 Å². The summed E-state index contributed by atoms with van der Waals surface area (Å²) < 4.78 is 0. The summed E-state index contributed by atoms with van der Waals surface area (Å²) in [5, 5.41) is 10.9. The molecule has 1 heterocycles. The Bertz CT molecular complexity index is 562. The minimum Gasteiger partial charge on any atom is -0.545 e. The Morgan fingerprint density at radius 3 is 2.60 bits per heavy atom. The molecule has 0 bridgehead atoms. The fourth-order valence-electron chi connectivity index (χ4n) is 1.32. The smallest absolute Gasteiger partial charge is 0.545 e. The molecule has 1 N–H and O–H groups in total. The van der Waals surface area contributed by atoms with Gasteiger partial charge in [-0.15, -0.1) is 0 Å². The van der Waals surface area contributed by atoms with Crippen LogP contribution < -0.4 is 61.9 Å². The number of aromatic amines is 1. The van der Waals surface area contributed by atoms with Crippen LogP contribution in [0.25, 0.3) is 10.9 Å². The number of nitrogens with one attached hydrogen (secondary N) is 1. The molecule has 0 radical (unpaired) electrons. The second-order valence-electron chi connectivity index (χ2n) is 2.86. The summed E-state index contributed by atoms with van der Waals surface area (Å²) in [5.41, 5.74) is -0.245. The first kappa shape index (κ1) is 12.6. The number of aromatic nitrogens is 1. The van der Waals surface area contributed by atoms with Gasteiger partial charge >= 0.3 is 51.4 Å². The molecule has 15 heavy (non-hydrogen) atoms. The van der Waals surface area contributed by atoms with Crippen LogP contribution in [0.3, 0.4) is 0 Å². The van der Waals surface area contributed by atoms with Crippen LogP contribution >= 0.6 is 0 Å². The van der Waals surface area contributed by atoms with E-state index in [-0.39, 0.29) is 56.9 Å². The number of para-hydroxylation sites is 1. The molecule has 0 fully saturated rings. The molecule has 0 spiro atoms. The molecule has 1 aromatic heterocycles. The molecule has 0 atom stereocenters. The van der Waals surface area contributed by atoms with E-state index in [4.69, 9.17) is 0 Å². The van der Waals surface area contributed by atoms with E-state index in [1.165, 1.54) is 0 Å². The van der Waals surface area contributed by atoms with Crippen LogP contribution in [-0.4, -0.2) is 11.0 Å². The van der Waals surface area contributed by atoms with Gasteiger partial charge in [-0.3, -0.25) is 4.79 Å². The molecule has 0 aliphatic carbocycles. The molecule has 2 aromatic rings. The number of carbonyl (C=O) groups is 1. The number of aromatic carboxylic acids is 1. The Balaban J connectivity index is 0.00000112. The molecular formula is C10H6KNO3. The zero-order valence-corrected chi connectivity index (χ0v) is 11.2. The minimum atomic E-state index is -1.46. The predicted molar refractivity (Wildman–Crippen MR) is 48.9 cm³/mol. The molecule has 0 saturated carbocycles. The topological polar surface area (TPSA) is 73.0 Å². The van der Waals surface area contributed by atoms with Gasteiger partial charge in [0.05, 0.1) is 11.5 Å². The number of carbonyl (C=O) groups excluding carboxylic acids is 1. The number of hydrogen-bond donors (Lipinski definition) is 1. The van der Waals surface area contributed by atoms with Crippen LogP contribution in [0, 0.1) is 0 Å². The summed E-state index contributed by atoms with van der Waals surface area (Å²) in [7, 11) is 0. The van der Waals surface area contributed by atoms with E-state index in [0.717, 1.165) is 6.20 Å². The molecule has 0 aliphatic rings. The van der Waals surface area contributed by atoms with Crippen molar-refractivity contribution in [3.63, 3.8) is 0 Å². The van der Waals surface area contributed by atoms with Crippen LogP contribution in [0.15, 0.2) is 35.3 Å². The van der Waals surface area contributed by atoms with Gasteiger partial charge in [0, 0.05) is 17.1 Å². The Kier molecular flexibility index (Phi) is 4.24. The summed E-state index contributed by atoms with van der Waals surface area (Å²) >= 11 is 0. The van der Waals surface area contributed by atoms with Gasteiger partial charge in [-0.1, -0.05) is 12.1 Å². The fraction of sp³-hybridized carbons (Fsp3) is 0. The number of carboxylic acid groups (broad SMARTS) is 1. The molecule has 70 valence electrons. The standard InChI is InChI=1S/C10H7NO3.K/c12-9-6-3-1-2-4-8(6)11-5-7(9)10(13)14;/h1-5H,(H,11,12)(H,13,14);/q;+1/p-1. The fourth-order valence-corrected chi connectivity index (χ4v) is 1.32. The SMILES string of the molecule is O=C([O-])c1c[nH]c2ccccc2c1=O.[K+]. The minimum absolute atomic E-state index is 0. The Hall–Kier alpha value is -0.464. The normalized spacial score (nSPS) is 9.60. The number of benzene rings is 1. The van der Waals surface area contributed by atoms with Crippen LogP contribution in [-0.2, 0) is 0 Å². The van der Waals surface area contributed by atoms with E-state index < -0.39 is 11.4 Å². The Morgan fingerprint density at radius 2 is 1.93 bits per heavy atom. The van der Waals surface area contributed by atoms with Crippen molar-refractivity contribution in [1.82, 2.24) is 4.98 Å². The van der Waals surface area contributed by atoms with Gasteiger partial charge < -0.3 is 14.9 Å². The number of rotatable bonds is 1. The predicted octanol–water partition coefficient (Wildman–Crippen LogP) is -3.10. The van der Waals surface area contributed by atoms with E-state index in [0.29, 0.717) is 10.9 Å². The van der Waals surface area contributed by atoms with Crippen LogP contribution in [0.5, 0.6) is 0 Å². The summed E-state index contributed by atoms with van der Waals surface area (Å²) in [4.78, 5) is 24.8. The third kappa shape index (κ3) is 2.38. The third-order valence-electron chi connectivity index (χ3n) is 2.01. The number of H-pyrrole nitrogens is 1. The monoisotopic (exact) mass is 227 g/mol. The molecule has 0 aliphatic heterocycles. The molecule has 0 amide bonds. The largest absolute Gasteiger partial charge is 1.00 e. The van der Waals surface area contributed by atoms with Crippen LogP contribution in [0.1, 0.15) is 10.4 Å². The average molecular weight is 227 g/mol. The first-order valence-electron chi connectivity index (χ1n) is 4.02. The van der Waals surface area contributed by atoms with E-state index >= 15 is 0 Å². The first-order chi connectivity index (χ1) is 6.70. The number of pyridine rings is 1. The number of hydrogen-bond acceptors (Lipinski definition) is 3.